The Bertz CT molecular complexity index is 934. The van der Waals surface area contributed by atoms with Crippen molar-refractivity contribution in [1.82, 2.24) is 5.32 Å². The van der Waals surface area contributed by atoms with Gasteiger partial charge in [0.05, 0.1) is 6.42 Å². The van der Waals surface area contributed by atoms with Gasteiger partial charge < -0.3 is 10.6 Å². The lowest BCUT2D eigenvalue weighted by Gasteiger charge is -2.08. The predicted molar refractivity (Wildman–Crippen MR) is 105 cm³/mol. The average molecular weight is 346 g/mol. The Labute approximate surface area is 153 Å². The van der Waals surface area contributed by atoms with E-state index in [1.807, 2.05) is 49.4 Å². The minimum Gasteiger partial charge on any atom is -0.352 e. The number of amides is 2. The molecule has 2 N–H and O–H groups in total. The Hall–Kier alpha value is -3.14. The number of hydrogen-bond donors (Lipinski definition) is 2. The maximum absolute atomic E-state index is 12.4. The number of benzene rings is 3. The van der Waals surface area contributed by atoms with Crippen LogP contribution in [0.4, 0.5) is 5.69 Å². The van der Waals surface area contributed by atoms with Gasteiger partial charge in [-0.15, -0.1) is 0 Å². The van der Waals surface area contributed by atoms with Crippen molar-refractivity contribution in [2.75, 3.05) is 11.9 Å². The van der Waals surface area contributed by atoms with Gasteiger partial charge in [-0.3, -0.25) is 9.59 Å². The topological polar surface area (TPSA) is 58.2 Å². The first-order chi connectivity index (χ1) is 12.7. The predicted octanol–water partition coefficient (Wildman–Crippen LogP) is 4.16. The van der Waals surface area contributed by atoms with E-state index in [0.717, 1.165) is 22.8 Å². The maximum atomic E-state index is 12.4. The molecule has 0 fully saturated rings. The van der Waals surface area contributed by atoms with Crippen LogP contribution in [0.25, 0.3) is 10.8 Å². The summed E-state index contributed by atoms with van der Waals surface area (Å²) in [6.07, 6.45) is 1.17. The van der Waals surface area contributed by atoms with Crippen molar-refractivity contribution in [2.45, 2.75) is 19.8 Å². The van der Waals surface area contributed by atoms with Crippen LogP contribution < -0.4 is 10.6 Å². The summed E-state index contributed by atoms with van der Waals surface area (Å²) < 4.78 is 0. The van der Waals surface area contributed by atoms with E-state index >= 15 is 0 Å². The minimum absolute atomic E-state index is 0.105. The highest BCUT2D eigenvalue weighted by Crippen LogP contribution is 2.17. The highest BCUT2D eigenvalue weighted by atomic mass is 16.2. The molecule has 4 heteroatoms. The molecule has 0 aliphatic carbocycles. The molecule has 0 heterocycles. The zero-order valence-corrected chi connectivity index (χ0v) is 14.8. The third-order valence-corrected chi connectivity index (χ3v) is 4.12. The zero-order valence-electron chi connectivity index (χ0n) is 14.8. The highest BCUT2D eigenvalue weighted by molar-refractivity contribution is 5.97. The van der Waals surface area contributed by atoms with E-state index in [1.54, 1.807) is 24.3 Å². The lowest BCUT2D eigenvalue weighted by atomic mass is 10.0. The number of carbonyl (C=O) groups is 2. The van der Waals surface area contributed by atoms with Gasteiger partial charge >= 0.3 is 0 Å². The van der Waals surface area contributed by atoms with Crippen molar-refractivity contribution in [3.05, 3.63) is 77.9 Å². The van der Waals surface area contributed by atoms with E-state index in [0.29, 0.717) is 17.8 Å². The number of rotatable bonds is 6. The van der Waals surface area contributed by atoms with Crippen LogP contribution in [-0.2, 0) is 11.2 Å². The van der Waals surface area contributed by atoms with E-state index in [-0.39, 0.29) is 18.2 Å². The Kier molecular flexibility index (Phi) is 5.64. The lowest BCUT2D eigenvalue weighted by molar-refractivity contribution is -0.115. The first-order valence-electron chi connectivity index (χ1n) is 8.81. The maximum Gasteiger partial charge on any atom is 0.251 e. The molecule has 0 saturated carbocycles. The first-order valence-corrected chi connectivity index (χ1v) is 8.81. The van der Waals surface area contributed by atoms with E-state index in [2.05, 4.69) is 10.6 Å². The van der Waals surface area contributed by atoms with Crippen LogP contribution in [0.2, 0.25) is 0 Å². The molecule has 0 aliphatic rings. The Morgan fingerprint density at radius 2 is 1.69 bits per heavy atom. The average Bonchev–Trinajstić information content (AvgIpc) is 2.66. The SMILES string of the molecule is CCCNC(=O)c1cccc(NC(=O)Cc2ccc3ccccc3c2)c1. The van der Waals surface area contributed by atoms with Crippen molar-refractivity contribution in [3.8, 4) is 0 Å². The number of carbonyl (C=O) groups excluding carboxylic acids is 2. The van der Waals surface area contributed by atoms with Crippen LogP contribution in [-0.4, -0.2) is 18.4 Å². The smallest absolute Gasteiger partial charge is 0.251 e. The highest BCUT2D eigenvalue weighted by Gasteiger charge is 2.08. The zero-order chi connectivity index (χ0) is 18.4. The molecule has 0 atom stereocenters. The van der Waals surface area contributed by atoms with Crippen molar-refractivity contribution in [3.63, 3.8) is 0 Å². The van der Waals surface area contributed by atoms with Gasteiger partial charge in [0.15, 0.2) is 0 Å². The van der Waals surface area contributed by atoms with Crippen molar-refractivity contribution >= 4 is 28.3 Å². The molecule has 26 heavy (non-hydrogen) atoms. The Balaban J connectivity index is 1.66. The molecule has 0 aliphatic heterocycles. The number of anilines is 1. The standard InChI is InChI=1S/C22H22N2O2/c1-2-12-23-22(26)19-8-5-9-20(15-19)24-21(25)14-16-10-11-17-6-3-4-7-18(17)13-16/h3-11,13,15H,2,12,14H2,1H3,(H,23,26)(H,24,25). The van der Waals surface area contributed by atoms with E-state index in [1.165, 1.54) is 0 Å². The van der Waals surface area contributed by atoms with Crippen LogP contribution in [0.5, 0.6) is 0 Å². The van der Waals surface area contributed by atoms with Gasteiger partial charge in [0.2, 0.25) is 5.91 Å². The van der Waals surface area contributed by atoms with E-state index < -0.39 is 0 Å². The van der Waals surface area contributed by atoms with Crippen molar-refractivity contribution in [1.29, 1.82) is 0 Å². The van der Waals surface area contributed by atoms with Gasteiger partial charge in [0, 0.05) is 17.8 Å². The Morgan fingerprint density at radius 1 is 0.885 bits per heavy atom. The summed E-state index contributed by atoms with van der Waals surface area (Å²) in [5, 5.41) is 7.98. The van der Waals surface area contributed by atoms with Gasteiger partial charge in [0.25, 0.3) is 5.91 Å². The summed E-state index contributed by atoms with van der Waals surface area (Å²) in [6.45, 7) is 2.64. The van der Waals surface area contributed by atoms with Gasteiger partial charge in [-0.25, -0.2) is 0 Å². The molecule has 0 aromatic heterocycles. The summed E-state index contributed by atoms with van der Waals surface area (Å²) in [5.41, 5.74) is 2.12. The third-order valence-electron chi connectivity index (χ3n) is 4.12. The molecule has 3 rings (SSSR count). The minimum atomic E-state index is -0.127. The molecule has 0 radical (unpaired) electrons. The van der Waals surface area contributed by atoms with E-state index in [9.17, 15) is 9.59 Å². The molecule has 3 aromatic rings. The van der Waals surface area contributed by atoms with Crippen LogP contribution in [0.1, 0.15) is 29.3 Å². The molecule has 0 spiro atoms. The number of nitrogens with one attached hydrogen (secondary N) is 2. The van der Waals surface area contributed by atoms with Gasteiger partial charge in [0.1, 0.15) is 0 Å². The van der Waals surface area contributed by atoms with E-state index in [4.69, 9.17) is 0 Å². The van der Waals surface area contributed by atoms with Crippen LogP contribution in [0.15, 0.2) is 66.7 Å². The fourth-order valence-electron chi connectivity index (χ4n) is 2.82. The molecule has 0 unspecified atom stereocenters. The monoisotopic (exact) mass is 346 g/mol. The largest absolute Gasteiger partial charge is 0.352 e. The fourth-order valence-corrected chi connectivity index (χ4v) is 2.82. The first kappa shape index (κ1) is 17.7. The number of fused-ring (bicyclic) bond motifs is 1. The second kappa shape index (κ2) is 8.30. The molecular weight excluding hydrogens is 324 g/mol. The molecule has 132 valence electrons. The van der Waals surface area contributed by atoms with Crippen LogP contribution in [0, 0.1) is 0 Å². The second-order valence-corrected chi connectivity index (χ2v) is 6.24. The summed E-state index contributed by atoms with van der Waals surface area (Å²) in [5.74, 6) is -0.233. The summed E-state index contributed by atoms with van der Waals surface area (Å²) >= 11 is 0. The molecule has 3 aromatic carbocycles. The van der Waals surface area contributed by atoms with Crippen LogP contribution >= 0.6 is 0 Å². The quantitative estimate of drug-likeness (QED) is 0.704. The molecule has 4 nitrogen and oxygen atoms in total. The second-order valence-electron chi connectivity index (χ2n) is 6.24. The summed E-state index contributed by atoms with van der Waals surface area (Å²) in [7, 11) is 0. The molecular formula is C22H22N2O2. The molecule has 0 bridgehead atoms. The van der Waals surface area contributed by atoms with Crippen molar-refractivity contribution < 1.29 is 9.59 Å². The van der Waals surface area contributed by atoms with Crippen molar-refractivity contribution in [2.24, 2.45) is 0 Å². The normalized spacial score (nSPS) is 10.5. The fraction of sp³-hybridized carbons (Fsp3) is 0.182. The van der Waals surface area contributed by atoms with Gasteiger partial charge in [-0.2, -0.15) is 0 Å². The molecule has 0 saturated heterocycles. The summed E-state index contributed by atoms with van der Waals surface area (Å²) in [4.78, 5) is 24.4. The Morgan fingerprint density at radius 3 is 2.50 bits per heavy atom. The van der Waals surface area contributed by atoms with Crippen LogP contribution in [0.3, 0.4) is 0 Å². The number of hydrogen-bond acceptors (Lipinski definition) is 2. The summed E-state index contributed by atoms with van der Waals surface area (Å²) in [6, 6.07) is 21.1. The van der Waals surface area contributed by atoms with Gasteiger partial charge in [-0.05, 0) is 41.0 Å². The third kappa shape index (κ3) is 4.48. The molecule has 2 amide bonds. The lowest BCUT2D eigenvalue weighted by Crippen LogP contribution is -2.24. The van der Waals surface area contributed by atoms with Gasteiger partial charge in [-0.1, -0.05) is 55.5 Å².